The molecule has 0 N–H and O–H groups in total. The van der Waals surface area contributed by atoms with Gasteiger partial charge in [-0.15, -0.1) is 5.54 Å². The van der Waals surface area contributed by atoms with Crippen molar-refractivity contribution in [2.45, 2.75) is 82.9 Å². The summed E-state index contributed by atoms with van der Waals surface area (Å²) in [6.45, 7) is 19.2. The standard InChI is InChI=1S/C26H38O4SSi2/c1-22(27)30-24(18-13-14-21-32(5,6)7)25(31(28)23-16-11-10-12-17-23)19-15-20-29-33(8,9)26(2,3)4/h10-12,16-17,19,24H,15,20H2,1-9H3/b25-19-/t24-,31?/m1/s1. The Morgan fingerprint density at radius 3 is 2.21 bits per heavy atom. The first-order valence-electron chi connectivity index (χ1n) is 11.1. The number of rotatable bonds is 8. The molecule has 1 aromatic carbocycles. The Kier molecular flexibility index (Phi) is 11.1. The van der Waals surface area contributed by atoms with Gasteiger partial charge >= 0.3 is 5.97 Å². The van der Waals surface area contributed by atoms with Crippen molar-refractivity contribution in [3.8, 4) is 23.3 Å². The van der Waals surface area contributed by atoms with Crippen molar-refractivity contribution < 1.29 is 18.2 Å². The van der Waals surface area contributed by atoms with E-state index in [1.807, 2.05) is 24.3 Å². The molecule has 0 heterocycles. The molecule has 1 aromatic rings. The molecule has 0 amide bonds. The molecule has 0 aliphatic carbocycles. The second-order valence-electron chi connectivity index (χ2n) is 10.3. The Hall–Kier alpha value is -1.91. The number of benzene rings is 1. The zero-order valence-electron chi connectivity index (χ0n) is 21.5. The first-order chi connectivity index (χ1) is 15.1. The molecule has 1 unspecified atom stereocenters. The smallest absolute Gasteiger partial charge is 0.304 e. The first-order valence-corrected chi connectivity index (χ1v) is 18.7. The van der Waals surface area contributed by atoms with Gasteiger partial charge in [-0.2, -0.15) is 0 Å². The molecule has 7 heteroatoms. The van der Waals surface area contributed by atoms with Crippen LogP contribution >= 0.6 is 0 Å². The van der Waals surface area contributed by atoms with Crippen LogP contribution in [0.15, 0.2) is 46.2 Å². The highest BCUT2D eigenvalue weighted by Gasteiger charge is 2.36. The molecule has 33 heavy (non-hydrogen) atoms. The third kappa shape index (κ3) is 10.7. The van der Waals surface area contributed by atoms with Gasteiger partial charge in [0.2, 0.25) is 0 Å². The monoisotopic (exact) mass is 502 g/mol. The Balaban J connectivity index is 3.28. The Bertz CT molecular complexity index is 979. The summed E-state index contributed by atoms with van der Waals surface area (Å²) in [6.07, 6.45) is 1.44. The molecule has 0 saturated carbocycles. The zero-order valence-corrected chi connectivity index (χ0v) is 24.3. The summed E-state index contributed by atoms with van der Waals surface area (Å²) in [5, 5.41) is 0.104. The number of ether oxygens (including phenoxy) is 1. The first kappa shape index (κ1) is 29.1. The van der Waals surface area contributed by atoms with Crippen LogP contribution in [0.4, 0.5) is 0 Å². The van der Waals surface area contributed by atoms with Gasteiger partial charge < -0.3 is 9.16 Å². The van der Waals surface area contributed by atoms with E-state index in [-0.39, 0.29) is 5.04 Å². The molecule has 0 radical (unpaired) electrons. The van der Waals surface area contributed by atoms with Crippen LogP contribution in [-0.2, 0) is 24.8 Å². The van der Waals surface area contributed by atoms with E-state index < -0.39 is 39.3 Å². The second-order valence-corrected chi connectivity index (χ2v) is 21.4. The van der Waals surface area contributed by atoms with Gasteiger partial charge in [-0.1, -0.05) is 64.7 Å². The summed E-state index contributed by atoms with van der Waals surface area (Å²) in [7, 11) is -5.01. The van der Waals surface area contributed by atoms with E-state index in [4.69, 9.17) is 9.16 Å². The molecule has 4 nitrogen and oxygen atoms in total. The van der Waals surface area contributed by atoms with E-state index >= 15 is 0 Å². The Morgan fingerprint density at radius 2 is 1.70 bits per heavy atom. The average molecular weight is 503 g/mol. The second kappa shape index (κ2) is 12.5. The summed E-state index contributed by atoms with van der Waals surface area (Å²) in [5.74, 6) is 8.13. The molecular formula is C26H38O4SSi2. The lowest BCUT2D eigenvalue weighted by atomic mass is 10.2. The summed E-state index contributed by atoms with van der Waals surface area (Å²) >= 11 is 0. The van der Waals surface area contributed by atoms with Crippen LogP contribution in [0.2, 0.25) is 37.8 Å². The molecule has 0 aliphatic rings. The molecule has 180 valence electrons. The Morgan fingerprint density at radius 1 is 1.09 bits per heavy atom. The van der Waals surface area contributed by atoms with Crippen molar-refractivity contribution in [1.29, 1.82) is 0 Å². The number of hydrogen-bond acceptors (Lipinski definition) is 4. The SMILES string of the molecule is CC(=O)O[C@H](C#CC#C[Si](C)(C)C)/C(=C/CCO[Si](C)(C)C(C)(C)C)S(=O)c1ccccc1. The summed E-state index contributed by atoms with van der Waals surface area (Å²) in [4.78, 5) is 12.9. The lowest BCUT2D eigenvalue weighted by molar-refractivity contribution is -0.142. The minimum atomic E-state index is -1.90. The van der Waals surface area contributed by atoms with Crippen molar-refractivity contribution in [1.82, 2.24) is 0 Å². The van der Waals surface area contributed by atoms with Gasteiger partial charge in [0, 0.05) is 18.4 Å². The van der Waals surface area contributed by atoms with Gasteiger partial charge in [-0.3, -0.25) is 4.79 Å². The lowest BCUT2D eigenvalue weighted by Crippen LogP contribution is -2.40. The van der Waals surface area contributed by atoms with E-state index in [0.717, 1.165) is 0 Å². The van der Waals surface area contributed by atoms with Crippen molar-refractivity contribution >= 4 is 33.2 Å². The maximum atomic E-state index is 13.4. The number of esters is 1. The van der Waals surface area contributed by atoms with E-state index in [2.05, 4.69) is 76.8 Å². The topological polar surface area (TPSA) is 52.6 Å². The quantitative estimate of drug-likeness (QED) is 0.192. The van der Waals surface area contributed by atoms with Crippen LogP contribution in [-0.4, -0.2) is 39.3 Å². The van der Waals surface area contributed by atoms with Gasteiger partial charge in [0.15, 0.2) is 14.4 Å². The van der Waals surface area contributed by atoms with Crippen LogP contribution in [0.5, 0.6) is 0 Å². The number of carbonyl (C=O) groups is 1. The third-order valence-corrected chi connectivity index (χ3v) is 12.1. The summed E-state index contributed by atoms with van der Waals surface area (Å²) in [6, 6.07) is 9.11. The molecular weight excluding hydrogens is 465 g/mol. The van der Waals surface area contributed by atoms with E-state index in [1.165, 1.54) is 6.92 Å². The molecule has 0 saturated heterocycles. The Labute approximate surface area is 205 Å². The fraction of sp³-hybridized carbons (Fsp3) is 0.500. The molecule has 1 rings (SSSR count). The number of hydrogen-bond donors (Lipinski definition) is 0. The van der Waals surface area contributed by atoms with Crippen LogP contribution in [0.3, 0.4) is 0 Å². The van der Waals surface area contributed by atoms with E-state index in [9.17, 15) is 9.00 Å². The van der Waals surface area contributed by atoms with Crippen molar-refractivity contribution in [3.63, 3.8) is 0 Å². The minimum absolute atomic E-state index is 0.104. The normalized spacial score (nSPS) is 14.3. The molecule has 0 fully saturated rings. The molecule has 0 spiro atoms. The van der Waals surface area contributed by atoms with Crippen molar-refractivity contribution in [2.24, 2.45) is 0 Å². The average Bonchev–Trinajstić information content (AvgIpc) is 2.69. The van der Waals surface area contributed by atoms with E-state index in [1.54, 1.807) is 12.1 Å². The van der Waals surface area contributed by atoms with Gasteiger partial charge in [0.1, 0.15) is 8.07 Å². The van der Waals surface area contributed by atoms with Crippen LogP contribution in [0, 0.1) is 23.3 Å². The third-order valence-electron chi connectivity index (χ3n) is 5.15. The van der Waals surface area contributed by atoms with Crippen LogP contribution < -0.4 is 0 Å². The highest BCUT2D eigenvalue weighted by Crippen LogP contribution is 2.36. The van der Waals surface area contributed by atoms with Crippen molar-refractivity contribution in [3.05, 3.63) is 41.3 Å². The van der Waals surface area contributed by atoms with E-state index in [0.29, 0.717) is 22.8 Å². The number of carbonyl (C=O) groups excluding carboxylic acids is 1. The maximum Gasteiger partial charge on any atom is 0.304 e. The lowest BCUT2D eigenvalue weighted by Gasteiger charge is -2.36. The summed E-state index contributed by atoms with van der Waals surface area (Å²) in [5.41, 5.74) is 3.18. The predicted molar refractivity (Wildman–Crippen MR) is 143 cm³/mol. The van der Waals surface area contributed by atoms with Crippen LogP contribution in [0.1, 0.15) is 34.1 Å². The minimum Gasteiger partial charge on any atom is -0.444 e. The fourth-order valence-electron chi connectivity index (χ4n) is 2.34. The molecule has 0 aliphatic heterocycles. The molecule has 0 bridgehead atoms. The highest BCUT2D eigenvalue weighted by atomic mass is 32.2. The van der Waals surface area contributed by atoms with Gasteiger partial charge in [0.25, 0.3) is 0 Å². The van der Waals surface area contributed by atoms with Crippen LogP contribution in [0.25, 0.3) is 0 Å². The molecule has 2 atom stereocenters. The zero-order chi connectivity index (χ0) is 25.3. The largest absolute Gasteiger partial charge is 0.444 e. The van der Waals surface area contributed by atoms with Crippen molar-refractivity contribution in [2.75, 3.05) is 6.61 Å². The predicted octanol–water partition coefficient (Wildman–Crippen LogP) is 5.91. The summed E-state index contributed by atoms with van der Waals surface area (Å²) < 4.78 is 25.2. The van der Waals surface area contributed by atoms with Gasteiger partial charge in [0.05, 0.1) is 15.7 Å². The highest BCUT2D eigenvalue weighted by molar-refractivity contribution is 7.89. The van der Waals surface area contributed by atoms with Gasteiger partial charge in [-0.25, -0.2) is 4.21 Å². The van der Waals surface area contributed by atoms with Gasteiger partial charge in [-0.05, 0) is 54.4 Å². The fourth-order valence-corrected chi connectivity index (χ4v) is 5.08. The molecule has 0 aromatic heterocycles. The maximum absolute atomic E-state index is 13.4.